The Kier molecular flexibility index (Phi) is 3.98. The van der Waals surface area contributed by atoms with E-state index in [9.17, 15) is 4.79 Å². The summed E-state index contributed by atoms with van der Waals surface area (Å²) < 4.78 is 0. The van der Waals surface area contributed by atoms with E-state index in [4.69, 9.17) is 11.6 Å². The van der Waals surface area contributed by atoms with Gasteiger partial charge in [-0.3, -0.25) is 4.79 Å². The van der Waals surface area contributed by atoms with Crippen molar-refractivity contribution in [2.45, 2.75) is 34.1 Å². The van der Waals surface area contributed by atoms with Crippen LogP contribution in [0.3, 0.4) is 0 Å². The van der Waals surface area contributed by atoms with Crippen molar-refractivity contribution in [3.05, 3.63) is 28.8 Å². The third kappa shape index (κ3) is 3.86. The van der Waals surface area contributed by atoms with E-state index in [-0.39, 0.29) is 11.3 Å². The minimum absolute atomic E-state index is 0.00341. The summed E-state index contributed by atoms with van der Waals surface area (Å²) >= 11 is 5.98. The van der Waals surface area contributed by atoms with Crippen molar-refractivity contribution in [3.63, 3.8) is 0 Å². The second-order valence-electron chi connectivity index (χ2n) is 5.20. The highest BCUT2D eigenvalue weighted by Gasteiger charge is 2.16. The molecule has 1 rings (SSSR count). The molecule has 16 heavy (non-hydrogen) atoms. The summed E-state index contributed by atoms with van der Waals surface area (Å²) in [5, 5.41) is 3.56. The molecule has 0 fully saturated rings. The van der Waals surface area contributed by atoms with Gasteiger partial charge in [-0.1, -0.05) is 38.4 Å². The van der Waals surface area contributed by atoms with Crippen molar-refractivity contribution >= 4 is 23.2 Å². The highest BCUT2D eigenvalue weighted by Crippen LogP contribution is 2.24. The van der Waals surface area contributed by atoms with E-state index in [1.54, 1.807) is 0 Å². The minimum Gasteiger partial charge on any atom is -0.326 e. The molecule has 0 aliphatic rings. The Morgan fingerprint density at radius 1 is 1.38 bits per heavy atom. The fourth-order valence-electron chi connectivity index (χ4n) is 1.42. The van der Waals surface area contributed by atoms with Crippen molar-refractivity contribution in [2.75, 3.05) is 5.32 Å². The Labute approximate surface area is 102 Å². The molecule has 0 unspecified atom stereocenters. The lowest BCUT2D eigenvalue weighted by atomic mass is 9.92. The molecule has 0 saturated heterocycles. The summed E-state index contributed by atoms with van der Waals surface area (Å²) in [5.74, 6) is 0.0258. The number of rotatable bonds is 2. The average molecular weight is 240 g/mol. The predicted molar refractivity (Wildman–Crippen MR) is 68.9 cm³/mol. The summed E-state index contributed by atoms with van der Waals surface area (Å²) in [5.41, 5.74) is 1.70. The fraction of sp³-hybridized carbons (Fsp3) is 0.462. The lowest BCUT2D eigenvalue weighted by Crippen LogP contribution is -2.20. The van der Waals surface area contributed by atoms with Crippen LogP contribution < -0.4 is 5.32 Å². The molecule has 1 amide bonds. The maximum absolute atomic E-state index is 11.7. The topological polar surface area (TPSA) is 29.1 Å². The van der Waals surface area contributed by atoms with E-state index in [0.717, 1.165) is 11.3 Å². The summed E-state index contributed by atoms with van der Waals surface area (Å²) in [4.78, 5) is 11.7. The van der Waals surface area contributed by atoms with Gasteiger partial charge in [-0.25, -0.2) is 0 Å². The van der Waals surface area contributed by atoms with Gasteiger partial charge in [0.25, 0.3) is 0 Å². The smallest absolute Gasteiger partial charge is 0.224 e. The lowest BCUT2D eigenvalue weighted by molar-refractivity contribution is -0.117. The van der Waals surface area contributed by atoms with Crippen molar-refractivity contribution in [3.8, 4) is 0 Å². The van der Waals surface area contributed by atoms with Gasteiger partial charge >= 0.3 is 0 Å². The Bertz CT molecular complexity index is 393. The van der Waals surface area contributed by atoms with Crippen LogP contribution in [0, 0.1) is 12.3 Å². The molecular formula is C13H18ClNO. The van der Waals surface area contributed by atoms with E-state index in [1.165, 1.54) is 0 Å². The number of hydrogen-bond donors (Lipinski definition) is 1. The van der Waals surface area contributed by atoms with Crippen molar-refractivity contribution in [1.29, 1.82) is 0 Å². The van der Waals surface area contributed by atoms with E-state index in [1.807, 2.05) is 45.9 Å². The quantitative estimate of drug-likeness (QED) is 0.830. The fourth-order valence-corrected chi connectivity index (χ4v) is 1.59. The van der Waals surface area contributed by atoms with E-state index in [0.29, 0.717) is 11.4 Å². The molecule has 0 aliphatic carbocycles. The SMILES string of the molecule is Cc1c(Cl)cccc1NC(=O)CC(C)(C)C. The average Bonchev–Trinajstić information content (AvgIpc) is 2.09. The molecule has 0 spiro atoms. The number of nitrogens with one attached hydrogen (secondary N) is 1. The van der Waals surface area contributed by atoms with Crippen LogP contribution in [-0.2, 0) is 4.79 Å². The van der Waals surface area contributed by atoms with Crippen LogP contribution in [-0.4, -0.2) is 5.91 Å². The summed E-state index contributed by atoms with van der Waals surface area (Å²) in [6, 6.07) is 5.51. The Morgan fingerprint density at radius 3 is 2.56 bits per heavy atom. The molecule has 0 saturated carbocycles. The Morgan fingerprint density at radius 2 is 2.00 bits per heavy atom. The first kappa shape index (κ1) is 13.0. The maximum Gasteiger partial charge on any atom is 0.224 e. The number of anilines is 1. The molecule has 1 N–H and O–H groups in total. The lowest BCUT2D eigenvalue weighted by Gasteiger charge is -2.18. The molecule has 3 heteroatoms. The zero-order valence-corrected chi connectivity index (χ0v) is 11.0. The Balaban J connectivity index is 2.74. The zero-order chi connectivity index (χ0) is 12.3. The summed E-state index contributed by atoms with van der Waals surface area (Å²) in [7, 11) is 0. The normalized spacial score (nSPS) is 11.3. The number of amides is 1. The van der Waals surface area contributed by atoms with Crippen LogP contribution in [0.4, 0.5) is 5.69 Å². The number of hydrogen-bond acceptors (Lipinski definition) is 1. The first-order valence-electron chi connectivity index (χ1n) is 5.34. The molecule has 0 radical (unpaired) electrons. The number of halogens is 1. The molecule has 0 aliphatic heterocycles. The largest absolute Gasteiger partial charge is 0.326 e. The summed E-state index contributed by atoms with van der Waals surface area (Å²) in [6.45, 7) is 8.02. The molecule has 0 heterocycles. The maximum atomic E-state index is 11.7. The van der Waals surface area contributed by atoms with Gasteiger partial charge in [0.2, 0.25) is 5.91 Å². The number of benzene rings is 1. The van der Waals surface area contributed by atoms with Crippen LogP contribution in [0.15, 0.2) is 18.2 Å². The molecule has 0 aromatic heterocycles. The van der Waals surface area contributed by atoms with Crippen LogP contribution in [0.2, 0.25) is 5.02 Å². The van der Waals surface area contributed by atoms with Gasteiger partial charge < -0.3 is 5.32 Å². The number of carbonyl (C=O) groups excluding carboxylic acids is 1. The molecule has 1 aromatic carbocycles. The van der Waals surface area contributed by atoms with Crippen LogP contribution in [0.25, 0.3) is 0 Å². The van der Waals surface area contributed by atoms with Gasteiger partial charge in [0.15, 0.2) is 0 Å². The second-order valence-corrected chi connectivity index (χ2v) is 5.61. The van der Waals surface area contributed by atoms with Gasteiger partial charge in [-0.05, 0) is 30.0 Å². The molecule has 1 aromatic rings. The Hall–Kier alpha value is -1.02. The van der Waals surface area contributed by atoms with E-state index in [2.05, 4.69) is 5.32 Å². The number of carbonyl (C=O) groups is 1. The van der Waals surface area contributed by atoms with Crippen molar-refractivity contribution < 1.29 is 4.79 Å². The highest BCUT2D eigenvalue weighted by molar-refractivity contribution is 6.31. The zero-order valence-electron chi connectivity index (χ0n) is 10.2. The van der Waals surface area contributed by atoms with E-state index < -0.39 is 0 Å². The second kappa shape index (κ2) is 4.88. The van der Waals surface area contributed by atoms with E-state index >= 15 is 0 Å². The molecular weight excluding hydrogens is 222 g/mol. The standard InChI is InChI=1S/C13H18ClNO/c1-9-10(14)6-5-7-11(9)15-12(16)8-13(2,3)4/h5-7H,8H2,1-4H3,(H,15,16). The third-order valence-corrected chi connectivity index (χ3v) is 2.64. The van der Waals surface area contributed by atoms with Crippen LogP contribution >= 0.6 is 11.6 Å². The predicted octanol–water partition coefficient (Wildman–Crippen LogP) is 4.02. The summed E-state index contributed by atoms with van der Waals surface area (Å²) in [6.07, 6.45) is 0.499. The first-order valence-corrected chi connectivity index (χ1v) is 5.72. The van der Waals surface area contributed by atoms with Gasteiger partial charge in [-0.15, -0.1) is 0 Å². The van der Waals surface area contributed by atoms with Crippen LogP contribution in [0.5, 0.6) is 0 Å². The third-order valence-electron chi connectivity index (χ3n) is 2.23. The monoisotopic (exact) mass is 239 g/mol. The van der Waals surface area contributed by atoms with Gasteiger partial charge in [0.1, 0.15) is 0 Å². The first-order chi connectivity index (χ1) is 7.29. The van der Waals surface area contributed by atoms with Crippen molar-refractivity contribution in [1.82, 2.24) is 0 Å². The molecule has 88 valence electrons. The minimum atomic E-state index is -0.00341. The van der Waals surface area contributed by atoms with Gasteiger partial charge in [0.05, 0.1) is 0 Å². The van der Waals surface area contributed by atoms with Gasteiger partial charge in [0, 0.05) is 17.1 Å². The molecule has 2 nitrogen and oxygen atoms in total. The molecule has 0 bridgehead atoms. The van der Waals surface area contributed by atoms with Gasteiger partial charge in [-0.2, -0.15) is 0 Å². The van der Waals surface area contributed by atoms with Crippen LogP contribution in [0.1, 0.15) is 32.8 Å². The van der Waals surface area contributed by atoms with Crippen molar-refractivity contribution in [2.24, 2.45) is 5.41 Å². The highest BCUT2D eigenvalue weighted by atomic mass is 35.5. The molecule has 0 atom stereocenters.